The van der Waals surface area contributed by atoms with Crippen molar-refractivity contribution in [1.29, 1.82) is 0 Å². The molecule has 0 bridgehead atoms. The van der Waals surface area contributed by atoms with Gasteiger partial charge in [-0.05, 0) is 88.9 Å². The molecule has 8 aromatic carbocycles. The molecule has 0 atom stereocenters. The number of carbonyl (C=O) groups excluding carboxylic acids is 2. The lowest BCUT2D eigenvalue weighted by atomic mass is 9.86. The number of benzene rings is 8. The van der Waals surface area contributed by atoms with Crippen molar-refractivity contribution in [2.24, 2.45) is 0 Å². The highest BCUT2D eigenvalue weighted by atomic mass is 31.1. The fourth-order valence-corrected chi connectivity index (χ4v) is 12.6. The average Bonchev–Trinajstić information content (AvgIpc) is 3.19. The van der Waals surface area contributed by atoms with Gasteiger partial charge in [-0.3, -0.25) is 9.59 Å². The van der Waals surface area contributed by atoms with Crippen LogP contribution in [0.1, 0.15) is 34.6 Å². The summed E-state index contributed by atoms with van der Waals surface area (Å²) < 4.78 is 0. The molecular weight excluding hydrogens is 670 g/mol. The molecule has 0 fully saturated rings. The third kappa shape index (κ3) is 6.09. The van der Waals surface area contributed by atoms with Crippen molar-refractivity contribution in [1.82, 2.24) is 0 Å². The maximum atomic E-state index is 14.4. The van der Waals surface area contributed by atoms with Gasteiger partial charge >= 0.3 is 0 Å². The van der Waals surface area contributed by atoms with Crippen LogP contribution >= 0.6 is 15.8 Å². The Labute approximate surface area is 307 Å². The van der Waals surface area contributed by atoms with Crippen LogP contribution in [0.3, 0.4) is 0 Å². The zero-order valence-electron chi connectivity index (χ0n) is 29.0. The van der Waals surface area contributed by atoms with E-state index in [1.165, 1.54) is 15.9 Å². The van der Waals surface area contributed by atoms with E-state index in [9.17, 15) is 9.59 Å². The largest absolute Gasteiger partial charge is 0.294 e. The summed E-state index contributed by atoms with van der Waals surface area (Å²) in [4.78, 5) is 28.3. The summed E-state index contributed by atoms with van der Waals surface area (Å²) >= 11 is 0. The molecule has 2 nitrogen and oxygen atoms in total. The first-order chi connectivity index (χ1) is 25.5. The second-order valence-electron chi connectivity index (χ2n) is 12.8. The zero-order chi connectivity index (χ0) is 35.6. The third-order valence-corrected chi connectivity index (χ3v) is 14.6. The van der Waals surface area contributed by atoms with Crippen LogP contribution in [-0.2, 0) is 0 Å². The van der Waals surface area contributed by atoms with Crippen molar-refractivity contribution in [2.75, 3.05) is 0 Å². The molecular formula is C48H36O2P2. The lowest BCUT2D eigenvalue weighted by Crippen LogP contribution is -2.30. The molecule has 0 saturated heterocycles. The highest BCUT2D eigenvalue weighted by Gasteiger charge is 2.34. The average molecular weight is 707 g/mol. The molecule has 0 N–H and O–H groups in total. The molecule has 0 saturated carbocycles. The molecule has 8 aromatic rings. The Balaban J connectivity index is 1.64. The minimum absolute atomic E-state index is 0.110. The van der Waals surface area contributed by atoms with E-state index in [1.807, 2.05) is 24.3 Å². The second-order valence-corrected chi connectivity index (χ2v) is 17.2. The molecule has 4 heteroatoms. The van der Waals surface area contributed by atoms with E-state index in [1.54, 1.807) is 13.8 Å². The number of fused-ring (bicyclic) bond motifs is 2. The van der Waals surface area contributed by atoms with Gasteiger partial charge in [0, 0.05) is 16.4 Å². The molecule has 0 amide bonds. The van der Waals surface area contributed by atoms with Crippen molar-refractivity contribution in [3.63, 3.8) is 0 Å². The van der Waals surface area contributed by atoms with Crippen LogP contribution < -0.4 is 31.8 Å². The second kappa shape index (κ2) is 14.6. The Bertz CT molecular complexity index is 2490. The fourth-order valence-electron chi connectivity index (χ4n) is 7.46. The van der Waals surface area contributed by atoms with Crippen LogP contribution in [0.5, 0.6) is 0 Å². The number of carbonyl (C=O) groups is 2. The van der Waals surface area contributed by atoms with Crippen LogP contribution in [0.25, 0.3) is 32.7 Å². The quantitative estimate of drug-likeness (QED) is 0.111. The SMILES string of the molecule is CC(=O)c1c(P(c2ccccc2)c2ccccc2)c(-c2c(P(c3ccccc3)c3ccccc3)ccc3ccccc23)c2ccccc2c1C(C)=O. The molecule has 0 spiro atoms. The molecule has 0 radical (unpaired) electrons. The van der Waals surface area contributed by atoms with Crippen molar-refractivity contribution < 1.29 is 9.59 Å². The first-order valence-corrected chi connectivity index (χ1v) is 20.1. The van der Waals surface area contributed by atoms with E-state index in [-0.39, 0.29) is 11.6 Å². The van der Waals surface area contributed by atoms with E-state index in [0.29, 0.717) is 11.1 Å². The minimum Gasteiger partial charge on any atom is -0.294 e. The Morgan fingerprint density at radius 2 is 0.769 bits per heavy atom. The molecule has 0 aromatic heterocycles. The summed E-state index contributed by atoms with van der Waals surface area (Å²) in [6, 6.07) is 63.9. The lowest BCUT2D eigenvalue weighted by molar-refractivity contribution is 0.0983. The van der Waals surface area contributed by atoms with Crippen LogP contribution in [0.4, 0.5) is 0 Å². The maximum Gasteiger partial charge on any atom is 0.161 e. The molecule has 0 unspecified atom stereocenters. The van der Waals surface area contributed by atoms with Gasteiger partial charge in [0.15, 0.2) is 11.6 Å². The standard InChI is InChI=1S/C48H36O2P2/c1-33(49)44-41-29-17-18-30-42(41)47(48(45(44)34(2)50)52(38-24-11-5-12-25-38)39-26-13-6-14-27-39)46-40-28-16-15-19-35(40)31-32-43(46)51(36-20-7-3-8-21-36)37-22-9-4-10-23-37/h3-32H,1-2H3. The van der Waals surface area contributed by atoms with E-state index in [2.05, 4.69) is 158 Å². The van der Waals surface area contributed by atoms with Crippen LogP contribution in [0.2, 0.25) is 0 Å². The summed E-state index contributed by atoms with van der Waals surface area (Å²) in [7, 11) is -2.37. The maximum absolute atomic E-state index is 14.4. The zero-order valence-corrected chi connectivity index (χ0v) is 30.8. The lowest BCUT2D eigenvalue weighted by Gasteiger charge is -2.31. The number of hydrogen-bond acceptors (Lipinski definition) is 2. The number of Topliss-reactive ketones (excluding diaryl/α,β-unsaturated/α-hetero) is 2. The first kappa shape index (κ1) is 33.6. The summed E-state index contributed by atoms with van der Waals surface area (Å²) in [6.45, 7) is 3.22. The molecule has 250 valence electrons. The minimum atomic E-state index is -1.32. The topological polar surface area (TPSA) is 34.1 Å². The van der Waals surface area contributed by atoms with E-state index >= 15 is 0 Å². The summed E-state index contributed by atoms with van der Waals surface area (Å²) in [5, 5.41) is 10.9. The third-order valence-electron chi connectivity index (χ3n) is 9.57. The Morgan fingerprint density at radius 3 is 1.25 bits per heavy atom. The molecule has 52 heavy (non-hydrogen) atoms. The van der Waals surface area contributed by atoms with Gasteiger partial charge in [-0.2, -0.15) is 0 Å². The smallest absolute Gasteiger partial charge is 0.161 e. The Morgan fingerprint density at radius 1 is 0.365 bits per heavy atom. The van der Waals surface area contributed by atoms with E-state index in [0.717, 1.165) is 48.6 Å². The van der Waals surface area contributed by atoms with E-state index < -0.39 is 15.8 Å². The normalized spacial score (nSPS) is 11.4. The highest BCUT2D eigenvalue weighted by Crippen LogP contribution is 2.47. The summed E-state index contributed by atoms with van der Waals surface area (Å²) in [5.74, 6) is -0.221. The number of rotatable bonds is 9. The van der Waals surface area contributed by atoms with Crippen molar-refractivity contribution in [2.45, 2.75) is 13.8 Å². The predicted molar refractivity (Wildman–Crippen MR) is 224 cm³/mol. The molecule has 0 aliphatic heterocycles. The van der Waals surface area contributed by atoms with Crippen LogP contribution in [0, 0.1) is 0 Å². The molecule has 0 aliphatic rings. The van der Waals surface area contributed by atoms with Crippen molar-refractivity contribution in [3.8, 4) is 11.1 Å². The summed E-state index contributed by atoms with van der Waals surface area (Å²) in [6.07, 6.45) is 0. The van der Waals surface area contributed by atoms with Crippen molar-refractivity contribution in [3.05, 3.63) is 193 Å². The van der Waals surface area contributed by atoms with Crippen LogP contribution in [-0.4, -0.2) is 11.6 Å². The van der Waals surface area contributed by atoms with Crippen molar-refractivity contribution >= 4 is 80.8 Å². The Kier molecular flexibility index (Phi) is 9.44. The first-order valence-electron chi connectivity index (χ1n) is 17.5. The molecule has 0 heterocycles. The summed E-state index contributed by atoms with van der Waals surface area (Å²) in [5.41, 5.74) is 3.15. The van der Waals surface area contributed by atoms with Crippen LogP contribution in [0.15, 0.2) is 182 Å². The monoisotopic (exact) mass is 706 g/mol. The van der Waals surface area contributed by atoms with Gasteiger partial charge in [-0.25, -0.2) is 0 Å². The molecule has 0 aliphatic carbocycles. The fraction of sp³-hybridized carbons (Fsp3) is 0.0417. The van der Waals surface area contributed by atoms with Gasteiger partial charge in [0.2, 0.25) is 0 Å². The Hall–Kier alpha value is -5.52. The van der Waals surface area contributed by atoms with Gasteiger partial charge < -0.3 is 0 Å². The van der Waals surface area contributed by atoms with Gasteiger partial charge in [0.05, 0.1) is 0 Å². The van der Waals surface area contributed by atoms with Gasteiger partial charge in [-0.15, -0.1) is 0 Å². The van der Waals surface area contributed by atoms with E-state index in [4.69, 9.17) is 0 Å². The number of ketones is 2. The number of hydrogen-bond donors (Lipinski definition) is 0. The van der Waals surface area contributed by atoms with Gasteiger partial charge in [0.25, 0.3) is 0 Å². The molecule has 8 rings (SSSR count). The highest BCUT2D eigenvalue weighted by molar-refractivity contribution is 7.81. The van der Waals surface area contributed by atoms with Gasteiger partial charge in [-0.1, -0.05) is 182 Å². The predicted octanol–water partition coefficient (Wildman–Crippen LogP) is 9.58. The van der Waals surface area contributed by atoms with Gasteiger partial charge in [0.1, 0.15) is 0 Å².